The molecule has 1 aliphatic rings. The summed E-state index contributed by atoms with van der Waals surface area (Å²) in [6.45, 7) is 3.87. The van der Waals surface area contributed by atoms with Crippen molar-refractivity contribution >= 4 is 11.6 Å². The lowest BCUT2D eigenvalue weighted by molar-refractivity contribution is 0.00471. The van der Waals surface area contributed by atoms with Gasteiger partial charge >= 0.3 is 0 Å². The molecule has 0 spiro atoms. The Labute approximate surface area is 103 Å². The minimum Gasteiger partial charge on any atom is -0.381 e. The monoisotopic (exact) mass is 238 g/mol. The molecule has 0 saturated carbocycles. The SMILES string of the molecule is Cc1ccccc1CC1(CCl)CCCOC1. The molecule has 0 amide bonds. The molecular formula is C14H19ClO. The normalized spacial score (nSPS) is 25.6. The number of benzene rings is 1. The molecule has 0 radical (unpaired) electrons. The van der Waals surface area contributed by atoms with Crippen molar-refractivity contribution in [2.24, 2.45) is 5.41 Å². The Morgan fingerprint density at radius 1 is 1.38 bits per heavy atom. The number of rotatable bonds is 3. The first kappa shape index (κ1) is 11.9. The first-order chi connectivity index (χ1) is 7.76. The standard InChI is InChI=1S/C14H19ClO/c1-12-5-2-3-6-13(12)9-14(10-15)7-4-8-16-11-14/h2-3,5-6H,4,7-11H2,1H3. The Bertz CT molecular complexity index is 342. The lowest BCUT2D eigenvalue weighted by Crippen LogP contribution is -2.35. The average Bonchev–Trinajstić information content (AvgIpc) is 2.33. The van der Waals surface area contributed by atoms with E-state index in [1.807, 2.05) is 0 Å². The van der Waals surface area contributed by atoms with Crippen molar-refractivity contribution in [1.82, 2.24) is 0 Å². The Hall–Kier alpha value is -0.530. The van der Waals surface area contributed by atoms with Crippen molar-refractivity contribution < 1.29 is 4.74 Å². The molecule has 0 aromatic heterocycles. The average molecular weight is 239 g/mol. The van der Waals surface area contributed by atoms with E-state index >= 15 is 0 Å². The second-order valence-corrected chi connectivity index (χ2v) is 5.16. The van der Waals surface area contributed by atoms with Crippen LogP contribution in [0, 0.1) is 12.3 Å². The smallest absolute Gasteiger partial charge is 0.0537 e. The van der Waals surface area contributed by atoms with E-state index in [1.54, 1.807) is 0 Å². The van der Waals surface area contributed by atoms with Crippen LogP contribution in [-0.4, -0.2) is 19.1 Å². The van der Waals surface area contributed by atoms with E-state index in [0.717, 1.165) is 26.1 Å². The first-order valence-corrected chi connectivity index (χ1v) is 6.47. The third kappa shape index (κ3) is 2.58. The summed E-state index contributed by atoms with van der Waals surface area (Å²) in [7, 11) is 0. The molecule has 88 valence electrons. The summed E-state index contributed by atoms with van der Waals surface area (Å²) in [6, 6.07) is 8.57. The highest BCUT2D eigenvalue weighted by atomic mass is 35.5. The van der Waals surface area contributed by atoms with E-state index in [9.17, 15) is 0 Å². The van der Waals surface area contributed by atoms with E-state index in [1.165, 1.54) is 17.5 Å². The summed E-state index contributed by atoms with van der Waals surface area (Å²) in [5.41, 5.74) is 2.93. The molecule has 2 rings (SSSR count). The molecule has 1 aliphatic heterocycles. The maximum Gasteiger partial charge on any atom is 0.0537 e. The highest BCUT2D eigenvalue weighted by Crippen LogP contribution is 2.34. The molecular weight excluding hydrogens is 220 g/mol. The maximum atomic E-state index is 6.16. The number of alkyl halides is 1. The van der Waals surface area contributed by atoms with Gasteiger partial charge in [0.1, 0.15) is 0 Å². The molecule has 1 saturated heterocycles. The zero-order valence-electron chi connectivity index (χ0n) is 9.84. The summed E-state index contributed by atoms with van der Waals surface area (Å²) in [5, 5.41) is 0. The molecule has 1 atom stereocenters. The Kier molecular flexibility index (Phi) is 3.88. The molecule has 1 aromatic carbocycles. The number of halogens is 1. The van der Waals surface area contributed by atoms with Crippen LogP contribution in [0.1, 0.15) is 24.0 Å². The summed E-state index contributed by atoms with van der Waals surface area (Å²) in [4.78, 5) is 0. The van der Waals surface area contributed by atoms with Crippen LogP contribution in [0.4, 0.5) is 0 Å². The lowest BCUT2D eigenvalue weighted by Gasteiger charge is -2.35. The van der Waals surface area contributed by atoms with Crippen LogP contribution in [0.5, 0.6) is 0 Å². The van der Waals surface area contributed by atoms with Crippen LogP contribution >= 0.6 is 11.6 Å². The molecule has 0 bridgehead atoms. The summed E-state index contributed by atoms with van der Waals surface area (Å²) < 4.78 is 5.60. The van der Waals surface area contributed by atoms with Gasteiger partial charge in [-0.1, -0.05) is 24.3 Å². The summed E-state index contributed by atoms with van der Waals surface area (Å²) in [6.07, 6.45) is 3.37. The van der Waals surface area contributed by atoms with Gasteiger partial charge in [-0.05, 0) is 37.3 Å². The van der Waals surface area contributed by atoms with Crippen molar-refractivity contribution in [2.45, 2.75) is 26.2 Å². The predicted molar refractivity (Wildman–Crippen MR) is 68.1 cm³/mol. The molecule has 2 heteroatoms. The van der Waals surface area contributed by atoms with E-state index in [2.05, 4.69) is 31.2 Å². The van der Waals surface area contributed by atoms with Crippen LogP contribution in [0.25, 0.3) is 0 Å². The molecule has 1 unspecified atom stereocenters. The van der Waals surface area contributed by atoms with Crippen LogP contribution in [-0.2, 0) is 11.2 Å². The highest BCUT2D eigenvalue weighted by Gasteiger charge is 2.32. The fraction of sp³-hybridized carbons (Fsp3) is 0.571. The number of hydrogen-bond acceptors (Lipinski definition) is 1. The zero-order valence-corrected chi connectivity index (χ0v) is 10.6. The third-order valence-electron chi connectivity index (χ3n) is 3.51. The molecule has 1 aromatic rings. The van der Waals surface area contributed by atoms with Gasteiger partial charge in [-0.2, -0.15) is 0 Å². The van der Waals surface area contributed by atoms with Crippen molar-refractivity contribution in [1.29, 1.82) is 0 Å². The van der Waals surface area contributed by atoms with Crippen LogP contribution < -0.4 is 0 Å². The Morgan fingerprint density at radius 3 is 2.81 bits per heavy atom. The molecule has 1 nitrogen and oxygen atoms in total. The summed E-state index contributed by atoms with van der Waals surface area (Å²) in [5.74, 6) is 0.696. The van der Waals surface area contributed by atoms with E-state index in [-0.39, 0.29) is 5.41 Å². The molecule has 16 heavy (non-hydrogen) atoms. The molecule has 1 heterocycles. The molecule has 0 aliphatic carbocycles. The zero-order chi connectivity index (χ0) is 11.4. The van der Waals surface area contributed by atoms with Gasteiger partial charge in [-0.25, -0.2) is 0 Å². The van der Waals surface area contributed by atoms with Crippen LogP contribution in [0.3, 0.4) is 0 Å². The first-order valence-electron chi connectivity index (χ1n) is 5.94. The minimum absolute atomic E-state index is 0.159. The van der Waals surface area contributed by atoms with Gasteiger partial charge in [0.15, 0.2) is 0 Å². The maximum absolute atomic E-state index is 6.16. The van der Waals surface area contributed by atoms with Gasteiger partial charge in [0, 0.05) is 17.9 Å². The van der Waals surface area contributed by atoms with Crippen molar-refractivity contribution in [3.8, 4) is 0 Å². The Balaban J connectivity index is 2.15. The van der Waals surface area contributed by atoms with Gasteiger partial charge in [-0.15, -0.1) is 11.6 Å². The second-order valence-electron chi connectivity index (χ2n) is 4.89. The molecule has 1 fully saturated rings. The fourth-order valence-corrected chi connectivity index (χ4v) is 2.72. The predicted octanol–water partition coefficient (Wildman–Crippen LogP) is 3.57. The van der Waals surface area contributed by atoms with Crippen LogP contribution in [0.2, 0.25) is 0 Å². The largest absolute Gasteiger partial charge is 0.381 e. The topological polar surface area (TPSA) is 9.23 Å². The van der Waals surface area contributed by atoms with Crippen LogP contribution in [0.15, 0.2) is 24.3 Å². The minimum atomic E-state index is 0.159. The van der Waals surface area contributed by atoms with Gasteiger partial charge in [0.05, 0.1) is 6.61 Å². The van der Waals surface area contributed by atoms with Crippen molar-refractivity contribution in [3.05, 3.63) is 35.4 Å². The van der Waals surface area contributed by atoms with Crippen molar-refractivity contribution in [3.63, 3.8) is 0 Å². The van der Waals surface area contributed by atoms with Gasteiger partial charge in [0.2, 0.25) is 0 Å². The number of aryl methyl sites for hydroxylation is 1. The Morgan fingerprint density at radius 2 is 2.19 bits per heavy atom. The summed E-state index contributed by atoms with van der Waals surface area (Å²) >= 11 is 6.16. The second kappa shape index (κ2) is 5.20. The molecule has 0 N–H and O–H groups in total. The van der Waals surface area contributed by atoms with Gasteiger partial charge in [-0.3, -0.25) is 0 Å². The van der Waals surface area contributed by atoms with E-state index in [4.69, 9.17) is 16.3 Å². The van der Waals surface area contributed by atoms with Crippen molar-refractivity contribution in [2.75, 3.05) is 19.1 Å². The number of hydrogen-bond donors (Lipinski definition) is 0. The number of ether oxygens (including phenoxy) is 1. The fourth-order valence-electron chi connectivity index (χ4n) is 2.41. The highest BCUT2D eigenvalue weighted by molar-refractivity contribution is 6.18. The van der Waals surface area contributed by atoms with Gasteiger partial charge in [0.25, 0.3) is 0 Å². The van der Waals surface area contributed by atoms with Gasteiger partial charge < -0.3 is 4.74 Å². The lowest BCUT2D eigenvalue weighted by atomic mass is 9.78. The van der Waals surface area contributed by atoms with E-state index in [0.29, 0.717) is 5.88 Å². The quantitative estimate of drug-likeness (QED) is 0.732. The van der Waals surface area contributed by atoms with E-state index < -0.39 is 0 Å². The third-order valence-corrected chi connectivity index (χ3v) is 4.08.